The van der Waals surface area contributed by atoms with Gasteiger partial charge in [-0.15, -0.1) is 0 Å². The minimum Gasteiger partial charge on any atom is -0.315 e. The smallest absolute Gasteiger partial charge is 0.123 e. The summed E-state index contributed by atoms with van der Waals surface area (Å²) < 4.78 is 13.1. The maximum atomic E-state index is 13.1. The number of hydrogen-bond donors (Lipinski definition) is 1. The Morgan fingerprint density at radius 1 is 1.11 bits per heavy atom. The van der Waals surface area contributed by atoms with Crippen molar-refractivity contribution in [3.8, 4) is 0 Å². The molecule has 0 aromatic heterocycles. The molecule has 2 nitrogen and oxygen atoms in total. The summed E-state index contributed by atoms with van der Waals surface area (Å²) >= 11 is 0. The molecule has 98 valence electrons. The van der Waals surface area contributed by atoms with Gasteiger partial charge in [-0.25, -0.2) is 4.39 Å². The van der Waals surface area contributed by atoms with Crippen molar-refractivity contribution in [2.45, 2.75) is 25.3 Å². The first-order chi connectivity index (χ1) is 8.84. The Bertz CT molecular complexity index is 378. The molecule has 0 amide bonds. The summed E-state index contributed by atoms with van der Waals surface area (Å²) in [6.45, 7) is 4.46. The molecule has 0 spiro atoms. The van der Waals surface area contributed by atoms with Gasteiger partial charge in [-0.1, -0.05) is 12.1 Å². The molecule has 1 N–H and O–H groups in total. The van der Waals surface area contributed by atoms with E-state index in [1.807, 2.05) is 12.1 Å². The van der Waals surface area contributed by atoms with E-state index in [0.717, 1.165) is 32.1 Å². The van der Waals surface area contributed by atoms with E-state index in [9.17, 15) is 4.39 Å². The van der Waals surface area contributed by atoms with Gasteiger partial charge in [-0.3, -0.25) is 4.90 Å². The van der Waals surface area contributed by atoms with Crippen LogP contribution in [0.3, 0.4) is 0 Å². The molecule has 1 saturated carbocycles. The van der Waals surface area contributed by atoms with E-state index in [-0.39, 0.29) is 5.82 Å². The third-order valence-electron chi connectivity index (χ3n) is 4.05. The van der Waals surface area contributed by atoms with E-state index in [1.165, 1.54) is 24.8 Å². The van der Waals surface area contributed by atoms with Crippen molar-refractivity contribution in [3.63, 3.8) is 0 Å². The second-order valence-corrected chi connectivity index (χ2v) is 5.47. The summed E-state index contributed by atoms with van der Waals surface area (Å²) in [6.07, 6.45) is 3.86. The van der Waals surface area contributed by atoms with E-state index < -0.39 is 0 Å². The molecular weight excluding hydrogens is 227 g/mol. The van der Waals surface area contributed by atoms with Crippen LogP contribution in [0.25, 0.3) is 0 Å². The zero-order chi connectivity index (χ0) is 12.4. The molecule has 1 heterocycles. The maximum Gasteiger partial charge on any atom is 0.123 e. The van der Waals surface area contributed by atoms with Crippen molar-refractivity contribution in [2.75, 3.05) is 26.2 Å². The molecule has 0 radical (unpaired) electrons. The highest BCUT2D eigenvalue weighted by atomic mass is 19.1. The van der Waals surface area contributed by atoms with Crippen molar-refractivity contribution in [3.05, 3.63) is 35.6 Å². The highest BCUT2D eigenvalue weighted by Gasteiger charge is 2.36. The van der Waals surface area contributed by atoms with Crippen LogP contribution in [0.4, 0.5) is 4.39 Å². The van der Waals surface area contributed by atoms with Crippen LogP contribution in [0.1, 0.15) is 30.9 Å². The molecular formula is C15H21FN2. The molecule has 2 fully saturated rings. The lowest BCUT2D eigenvalue weighted by molar-refractivity contribution is 0.189. The summed E-state index contributed by atoms with van der Waals surface area (Å²) in [7, 11) is 0. The van der Waals surface area contributed by atoms with Crippen LogP contribution in [0.2, 0.25) is 0 Å². The molecule has 1 saturated heterocycles. The third-order valence-corrected chi connectivity index (χ3v) is 4.05. The molecule has 1 aliphatic carbocycles. The van der Waals surface area contributed by atoms with Crippen LogP contribution in [-0.2, 0) is 0 Å². The Labute approximate surface area is 108 Å². The number of hydrogen-bond acceptors (Lipinski definition) is 2. The van der Waals surface area contributed by atoms with Gasteiger partial charge >= 0.3 is 0 Å². The molecule has 1 unspecified atom stereocenters. The Morgan fingerprint density at radius 3 is 2.61 bits per heavy atom. The molecule has 18 heavy (non-hydrogen) atoms. The van der Waals surface area contributed by atoms with Crippen LogP contribution in [-0.4, -0.2) is 31.1 Å². The molecule has 1 aromatic carbocycles. The van der Waals surface area contributed by atoms with Gasteiger partial charge in [0.1, 0.15) is 5.82 Å². The predicted octanol–water partition coefficient (Wildman–Crippen LogP) is 2.57. The number of nitrogens with zero attached hydrogens (tertiary/aromatic N) is 1. The molecule has 1 aliphatic heterocycles. The Morgan fingerprint density at radius 2 is 1.89 bits per heavy atom. The summed E-state index contributed by atoms with van der Waals surface area (Å²) in [5.41, 5.74) is 1.29. The maximum absolute atomic E-state index is 13.1. The fourth-order valence-electron chi connectivity index (χ4n) is 3.00. The molecule has 0 bridgehead atoms. The predicted molar refractivity (Wildman–Crippen MR) is 70.9 cm³/mol. The SMILES string of the molecule is Fc1ccc(C(C2CC2)N2CCCNCC2)cc1. The monoisotopic (exact) mass is 248 g/mol. The van der Waals surface area contributed by atoms with Crippen LogP contribution >= 0.6 is 0 Å². The third kappa shape index (κ3) is 2.73. The highest BCUT2D eigenvalue weighted by Crippen LogP contribution is 2.44. The highest BCUT2D eigenvalue weighted by molar-refractivity contribution is 5.22. The molecule has 3 rings (SSSR count). The van der Waals surface area contributed by atoms with Crippen LogP contribution < -0.4 is 5.32 Å². The van der Waals surface area contributed by atoms with Gasteiger partial charge in [-0.05, 0) is 49.4 Å². The van der Waals surface area contributed by atoms with Crippen LogP contribution in [0.15, 0.2) is 24.3 Å². The van der Waals surface area contributed by atoms with Gasteiger partial charge < -0.3 is 5.32 Å². The average molecular weight is 248 g/mol. The lowest BCUT2D eigenvalue weighted by Gasteiger charge is -2.31. The fraction of sp³-hybridized carbons (Fsp3) is 0.600. The first-order valence-corrected chi connectivity index (χ1v) is 7.05. The van der Waals surface area contributed by atoms with Crippen molar-refractivity contribution in [1.82, 2.24) is 10.2 Å². The topological polar surface area (TPSA) is 15.3 Å². The Hall–Kier alpha value is -0.930. The molecule has 1 aromatic rings. The lowest BCUT2D eigenvalue weighted by atomic mass is 10.00. The Balaban J connectivity index is 1.80. The minimum atomic E-state index is -0.133. The van der Waals surface area contributed by atoms with Crippen LogP contribution in [0, 0.1) is 11.7 Å². The van der Waals surface area contributed by atoms with Gasteiger partial charge in [0.05, 0.1) is 0 Å². The fourth-order valence-corrected chi connectivity index (χ4v) is 3.00. The van der Waals surface area contributed by atoms with E-state index in [1.54, 1.807) is 12.1 Å². The standard InChI is InChI=1S/C15H21FN2/c16-14-6-4-13(5-7-14)15(12-2-3-12)18-10-1-8-17-9-11-18/h4-7,12,15,17H,1-3,8-11H2. The summed E-state index contributed by atoms with van der Waals surface area (Å²) in [5, 5.41) is 3.45. The van der Waals surface area contributed by atoms with Gasteiger partial charge in [0.15, 0.2) is 0 Å². The first kappa shape index (κ1) is 12.1. The van der Waals surface area contributed by atoms with E-state index in [0.29, 0.717) is 6.04 Å². The largest absolute Gasteiger partial charge is 0.315 e. The number of nitrogens with one attached hydrogen (secondary N) is 1. The first-order valence-electron chi connectivity index (χ1n) is 7.05. The second kappa shape index (κ2) is 5.37. The van der Waals surface area contributed by atoms with Gasteiger partial charge in [0, 0.05) is 25.7 Å². The zero-order valence-corrected chi connectivity index (χ0v) is 10.7. The van der Waals surface area contributed by atoms with E-state index >= 15 is 0 Å². The molecule has 1 atom stereocenters. The lowest BCUT2D eigenvalue weighted by Crippen LogP contribution is -2.33. The van der Waals surface area contributed by atoms with Crippen molar-refractivity contribution in [2.24, 2.45) is 5.92 Å². The van der Waals surface area contributed by atoms with Crippen molar-refractivity contribution in [1.29, 1.82) is 0 Å². The molecule has 2 aliphatic rings. The zero-order valence-electron chi connectivity index (χ0n) is 10.7. The van der Waals surface area contributed by atoms with Gasteiger partial charge in [0.25, 0.3) is 0 Å². The number of halogens is 1. The Kier molecular flexibility index (Phi) is 3.62. The average Bonchev–Trinajstić information content (AvgIpc) is 3.20. The molecule has 3 heteroatoms. The van der Waals surface area contributed by atoms with Crippen molar-refractivity contribution < 1.29 is 4.39 Å². The van der Waals surface area contributed by atoms with Gasteiger partial charge in [0.2, 0.25) is 0 Å². The second-order valence-electron chi connectivity index (χ2n) is 5.47. The summed E-state index contributed by atoms with van der Waals surface area (Å²) in [4.78, 5) is 2.59. The van der Waals surface area contributed by atoms with E-state index in [4.69, 9.17) is 0 Å². The number of benzene rings is 1. The van der Waals surface area contributed by atoms with Crippen LogP contribution in [0.5, 0.6) is 0 Å². The quantitative estimate of drug-likeness (QED) is 0.884. The summed E-state index contributed by atoms with van der Waals surface area (Å²) in [6, 6.07) is 7.64. The summed E-state index contributed by atoms with van der Waals surface area (Å²) in [5.74, 6) is 0.652. The normalized spacial score (nSPS) is 23.6. The number of rotatable bonds is 3. The van der Waals surface area contributed by atoms with E-state index in [2.05, 4.69) is 10.2 Å². The van der Waals surface area contributed by atoms with Gasteiger partial charge in [-0.2, -0.15) is 0 Å². The van der Waals surface area contributed by atoms with Crippen molar-refractivity contribution >= 4 is 0 Å². The minimum absolute atomic E-state index is 0.133.